The third-order valence-corrected chi connectivity index (χ3v) is 12.6. The van der Waals surface area contributed by atoms with Gasteiger partial charge in [0.05, 0.1) is 0 Å². The van der Waals surface area contributed by atoms with Gasteiger partial charge in [0.15, 0.2) is 0 Å². The van der Waals surface area contributed by atoms with E-state index in [1.807, 2.05) is 0 Å². The van der Waals surface area contributed by atoms with Gasteiger partial charge in [0.2, 0.25) is 0 Å². The summed E-state index contributed by atoms with van der Waals surface area (Å²) in [4.78, 5) is 14.9. The molecule has 0 atom stereocenters. The molecule has 0 N–H and O–H groups in total. The summed E-state index contributed by atoms with van der Waals surface area (Å²) in [7, 11) is 8.76. The van der Waals surface area contributed by atoms with Gasteiger partial charge in [-0.2, -0.15) is 0 Å². The van der Waals surface area contributed by atoms with Crippen LogP contribution in [0.5, 0.6) is 0 Å². The Labute approximate surface area is 358 Å². The van der Waals surface area contributed by atoms with Crippen LogP contribution in [-0.4, -0.2) is 69.0 Å². The molecule has 0 saturated heterocycles. The van der Waals surface area contributed by atoms with Crippen LogP contribution in [-0.2, 0) is 19.4 Å². The number of nitrogens with zero attached hydrogens (tertiary/aromatic N) is 6. The van der Waals surface area contributed by atoms with Gasteiger partial charge in [-0.05, 0) is 0 Å². The van der Waals surface area contributed by atoms with Crippen molar-refractivity contribution in [3.63, 3.8) is 0 Å². The molecule has 0 aromatic heterocycles. The molecule has 0 heterocycles. The second kappa shape index (κ2) is 29.8. The summed E-state index contributed by atoms with van der Waals surface area (Å²) in [6, 6.07) is 13.7. The van der Waals surface area contributed by atoms with Crippen molar-refractivity contribution in [2.24, 2.45) is 4.99 Å². The van der Waals surface area contributed by atoms with Crippen molar-refractivity contribution in [3.8, 4) is 0 Å². The third kappa shape index (κ3) is 17.6. The summed E-state index contributed by atoms with van der Waals surface area (Å²) < 4.78 is 2.32. The summed E-state index contributed by atoms with van der Waals surface area (Å²) in [5.74, 6) is 0. The molecule has 0 aliphatic carbocycles. The van der Waals surface area contributed by atoms with E-state index >= 15 is 0 Å². The Morgan fingerprint density at radius 1 is 0.464 bits per heavy atom. The molecule has 7 heteroatoms. The van der Waals surface area contributed by atoms with Crippen LogP contribution < -0.4 is 19.6 Å². The van der Waals surface area contributed by atoms with E-state index in [1.165, 1.54) is 149 Å². The van der Waals surface area contributed by atoms with E-state index in [-0.39, 0.29) is 0 Å². The van der Waals surface area contributed by atoms with E-state index in [1.54, 1.807) is 0 Å². The van der Waals surface area contributed by atoms with Crippen molar-refractivity contribution in [1.29, 1.82) is 0 Å². The van der Waals surface area contributed by atoms with Crippen LogP contribution in [0, 0.1) is 0 Å². The van der Waals surface area contributed by atoms with Crippen molar-refractivity contribution < 1.29 is 22.7 Å². The molecule has 0 aliphatic heterocycles. The van der Waals surface area contributed by atoms with Gasteiger partial charge in [-0.15, -0.1) is 0 Å². The van der Waals surface area contributed by atoms with E-state index < -0.39 is 0 Å². The molecule has 56 heavy (non-hydrogen) atoms. The molecule has 0 spiro atoms. The second-order valence-corrected chi connectivity index (χ2v) is 16.9. The van der Waals surface area contributed by atoms with Crippen LogP contribution >= 0.6 is 0 Å². The minimum atomic E-state index is 0.950. The Morgan fingerprint density at radius 2 is 0.857 bits per heavy atom. The monoisotopic (exact) mass is 865 g/mol. The molecule has 2 aromatic carbocycles. The van der Waals surface area contributed by atoms with E-state index in [0.29, 0.717) is 0 Å². The zero-order chi connectivity index (χ0) is 41.1. The molecular weight excluding hydrogens is 779 g/mol. The molecule has 0 fully saturated rings. The van der Waals surface area contributed by atoms with Crippen molar-refractivity contribution in [3.05, 3.63) is 36.4 Å². The molecule has 2 rings (SSSR count). The fraction of sp³-hybridized carbons (Fsp3) is 0.714. The summed E-state index contributed by atoms with van der Waals surface area (Å²) in [6.07, 6.45) is 27.9. The number of hydrogen-bond acceptors (Lipinski definition) is 5. The molecule has 0 unspecified atom stereocenters. The van der Waals surface area contributed by atoms with Gasteiger partial charge in [0, 0.05) is 0 Å². The van der Waals surface area contributed by atoms with Crippen LogP contribution in [0.3, 0.4) is 0 Å². The summed E-state index contributed by atoms with van der Waals surface area (Å²) in [5.41, 5.74) is 9.76. The minimum absolute atomic E-state index is 0.950. The quantitative estimate of drug-likeness (QED) is 0.0416. The maximum atomic E-state index is 5.52. The first-order chi connectivity index (χ1) is 27.2. The van der Waals surface area contributed by atoms with Crippen molar-refractivity contribution in [2.45, 2.75) is 176 Å². The third-order valence-electron chi connectivity index (χ3n) is 11.8. The molecule has 2 aromatic rings. The predicted molar refractivity (Wildman–Crippen MR) is 249 cm³/mol. The Kier molecular flexibility index (Phi) is 26.5. The average Bonchev–Trinajstić information content (AvgIpc) is 3.23. The molecule has 6 nitrogen and oxygen atoms in total. The van der Waals surface area contributed by atoms with Gasteiger partial charge >= 0.3 is 302 Å². The van der Waals surface area contributed by atoms with Crippen LogP contribution in [0.25, 0.3) is 0 Å². The molecular formula is C49H86N6Pd+. The fourth-order valence-corrected chi connectivity index (χ4v) is 8.01. The number of hydrogen-bond donors (Lipinski definition) is 0. The molecule has 0 radical (unpaired) electrons. The topological polar surface area (TPSA) is 28.3 Å². The van der Waals surface area contributed by atoms with Crippen molar-refractivity contribution >= 4 is 45.5 Å². The SMILES string of the molecule is CCCCCCCCCCCCCCCCCCCC(C(CCCC)=Nc1ccc(N(C)CC)c(N(C)CC)c1)=[N+]([Pd])c1ccc(N(C)CC)c(N(C)CC)c1. The predicted octanol–water partition coefficient (Wildman–Crippen LogP) is 14.1. The van der Waals surface area contributed by atoms with Crippen molar-refractivity contribution in [1.82, 2.24) is 0 Å². The molecule has 321 valence electrons. The first-order valence-electron chi connectivity index (χ1n) is 23.2. The molecule has 0 bridgehead atoms. The van der Waals surface area contributed by atoms with E-state index in [2.05, 4.69) is 148 Å². The average molecular weight is 866 g/mol. The normalized spacial score (nSPS) is 12.2. The first kappa shape index (κ1) is 49.8. The van der Waals surface area contributed by atoms with Gasteiger partial charge in [0.1, 0.15) is 0 Å². The van der Waals surface area contributed by atoms with E-state index in [4.69, 9.17) is 4.99 Å². The van der Waals surface area contributed by atoms with E-state index in [9.17, 15) is 0 Å². The Hall–Kier alpha value is -2.36. The zero-order valence-corrected chi connectivity index (χ0v) is 39.7. The van der Waals surface area contributed by atoms with Gasteiger partial charge in [-0.1, -0.05) is 58.3 Å². The van der Waals surface area contributed by atoms with Gasteiger partial charge in [0.25, 0.3) is 0 Å². The summed E-state index contributed by atoms with van der Waals surface area (Å²) >= 11 is 3.78. The molecule has 0 saturated carbocycles. The summed E-state index contributed by atoms with van der Waals surface area (Å²) in [5, 5.41) is 0. The standard InChI is InChI=1S/C49H86N6.Pd/c1-11-17-19-20-21-22-23-24-25-26-27-28-29-30-31-32-33-35-45(51-43-37-39-47(53(8)14-4)49(41-43)55(10)16-6)44(34-18-12-2)50-42-36-38-46(52(7)13-3)48(40-42)54(9)15-5;/h36-41H,11-35H2,1-10H3;/q;+1. The number of benzene rings is 2. The fourth-order valence-electron chi connectivity index (χ4n) is 7.42. The summed E-state index contributed by atoms with van der Waals surface area (Å²) in [6.45, 7) is 17.3. The number of unbranched alkanes of at least 4 members (excludes halogenated alkanes) is 17. The maximum absolute atomic E-state index is 5.52. The number of aliphatic imine (C=N–C) groups is 1. The first-order valence-corrected chi connectivity index (χ1v) is 23.9. The van der Waals surface area contributed by atoms with Gasteiger partial charge < -0.3 is 0 Å². The molecule has 0 aliphatic rings. The Bertz CT molecular complexity index is 1400. The number of rotatable bonds is 32. The van der Waals surface area contributed by atoms with Crippen molar-refractivity contribution in [2.75, 3.05) is 74.0 Å². The van der Waals surface area contributed by atoms with Crippen LogP contribution in [0.4, 0.5) is 34.1 Å². The van der Waals surface area contributed by atoms with Gasteiger partial charge in [-0.3, -0.25) is 0 Å². The Morgan fingerprint density at radius 3 is 1.30 bits per heavy atom. The number of anilines is 4. The van der Waals surface area contributed by atoms with E-state index in [0.717, 1.165) is 57.5 Å². The zero-order valence-electron chi connectivity index (χ0n) is 38.1. The van der Waals surface area contributed by atoms with Gasteiger partial charge in [-0.25, -0.2) is 0 Å². The Balaban J connectivity index is 2.28. The van der Waals surface area contributed by atoms with Crippen LogP contribution in [0.2, 0.25) is 0 Å². The molecule has 0 amide bonds. The van der Waals surface area contributed by atoms with Crippen LogP contribution in [0.15, 0.2) is 41.4 Å². The second-order valence-electron chi connectivity index (χ2n) is 16.2. The van der Waals surface area contributed by atoms with Crippen LogP contribution in [0.1, 0.15) is 176 Å².